The van der Waals surface area contributed by atoms with Gasteiger partial charge in [-0.15, -0.1) is 0 Å². The molecule has 1 aromatic rings. The summed E-state index contributed by atoms with van der Waals surface area (Å²) in [5, 5.41) is 16.7. The summed E-state index contributed by atoms with van der Waals surface area (Å²) in [6, 6.07) is 0.119. The standard InChI is InChI=1S/C12H23N3O/c1-9(8-16)13-6-10-7-15(5)14-11(10)12(2,3)4/h7,9,13,16H,6,8H2,1-5H3. The number of aliphatic hydroxyl groups is 1. The van der Waals surface area contributed by atoms with Crippen LogP contribution in [0.25, 0.3) is 0 Å². The van der Waals surface area contributed by atoms with Crippen LogP contribution in [-0.4, -0.2) is 27.5 Å². The molecule has 1 unspecified atom stereocenters. The summed E-state index contributed by atoms with van der Waals surface area (Å²) in [6.45, 7) is 9.36. The Hall–Kier alpha value is -0.870. The summed E-state index contributed by atoms with van der Waals surface area (Å²) in [6.07, 6.45) is 2.04. The molecule has 0 aliphatic rings. The van der Waals surface area contributed by atoms with Crippen LogP contribution >= 0.6 is 0 Å². The fourth-order valence-electron chi connectivity index (χ4n) is 1.65. The minimum atomic E-state index is 0.0563. The van der Waals surface area contributed by atoms with Gasteiger partial charge < -0.3 is 10.4 Å². The van der Waals surface area contributed by atoms with Crippen LogP contribution in [0.3, 0.4) is 0 Å². The summed E-state index contributed by atoms with van der Waals surface area (Å²) < 4.78 is 1.85. The Morgan fingerprint density at radius 3 is 2.62 bits per heavy atom. The van der Waals surface area contributed by atoms with Crippen LogP contribution in [0.1, 0.15) is 39.0 Å². The van der Waals surface area contributed by atoms with Crippen LogP contribution in [0.4, 0.5) is 0 Å². The average molecular weight is 225 g/mol. The van der Waals surface area contributed by atoms with E-state index < -0.39 is 0 Å². The van der Waals surface area contributed by atoms with Crippen molar-refractivity contribution in [3.8, 4) is 0 Å². The number of rotatable bonds is 4. The minimum Gasteiger partial charge on any atom is -0.395 e. The zero-order chi connectivity index (χ0) is 12.3. The average Bonchev–Trinajstić information content (AvgIpc) is 2.55. The summed E-state index contributed by atoms with van der Waals surface area (Å²) in [5.74, 6) is 0. The summed E-state index contributed by atoms with van der Waals surface area (Å²) in [5.41, 5.74) is 2.38. The van der Waals surface area contributed by atoms with E-state index in [4.69, 9.17) is 5.11 Å². The van der Waals surface area contributed by atoms with Crippen LogP contribution in [0.15, 0.2) is 6.20 Å². The number of aromatic nitrogens is 2. The quantitative estimate of drug-likeness (QED) is 0.809. The number of aliphatic hydroxyl groups excluding tert-OH is 1. The lowest BCUT2D eigenvalue weighted by Crippen LogP contribution is -2.29. The first-order chi connectivity index (χ1) is 7.34. The molecule has 2 N–H and O–H groups in total. The predicted molar refractivity (Wildman–Crippen MR) is 65.3 cm³/mol. The van der Waals surface area contributed by atoms with E-state index in [2.05, 4.69) is 31.2 Å². The fourth-order valence-corrected chi connectivity index (χ4v) is 1.65. The SMILES string of the molecule is CC(CO)NCc1cn(C)nc1C(C)(C)C. The van der Waals surface area contributed by atoms with E-state index in [-0.39, 0.29) is 18.1 Å². The van der Waals surface area contributed by atoms with Crippen LogP contribution in [0.5, 0.6) is 0 Å². The summed E-state index contributed by atoms with van der Waals surface area (Å²) in [7, 11) is 1.94. The highest BCUT2D eigenvalue weighted by Gasteiger charge is 2.21. The van der Waals surface area contributed by atoms with Crippen molar-refractivity contribution in [1.82, 2.24) is 15.1 Å². The number of nitrogens with one attached hydrogen (secondary N) is 1. The van der Waals surface area contributed by atoms with Crippen LogP contribution in [0, 0.1) is 0 Å². The molecule has 16 heavy (non-hydrogen) atoms. The van der Waals surface area contributed by atoms with Gasteiger partial charge in [0.1, 0.15) is 0 Å². The molecule has 0 spiro atoms. The van der Waals surface area contributed by atoms with Crippen molar-refractivity contribution < 1.29 is 5.11 Å². The van der Waals surface area contributed by atoms with Gasteiger partial charge in [0, 0.05) is 36.8 Å². The molecule has 1 atom stereocenters. The number of nitrogens with zero attached hydrogens (tertiary/aromatic N) is 2. The van der Waals surface area contributed by atoms with Gasteiger partial charge in [0.05, 0.1) is 12.3 Å². The second kappa shape index (κ2) is 4.97. The largest absolute Gasteiger partial charge is 0.395 e. The summed E-state index contributed by atoms with van der Waals surface area (Å²) >= 11 is 0. The van der Waals surface area contributed by atoms with Crippen molar-refractivity contribution in [3.63, 3.8) is 0 Å². The highest BCUT2D eigenvalue weighted by atomic mass is 16.3. The molecular formula is C12H23N3O. The molecule has 4 heteroatoms. The molecule has 1 heterocycles. The first kappa shape index (κ1) is 13.2. The Kier molecular flexibility index (Phi) is 4.10. The number of hydrogen-bond acceptors (Lipinski definition) is 3. The number of hydrogen-bond donors (Lipinski definition) is 2. The Balaban J connectivity index is 2.79. The van der Waals surface area contributed by atoms with Crippen LogP contribution in [0.2, 0.25) is 0 Å². The Labute approximate surface area is 97.7 Å². The van der Waals surface area contributed by atoms with E-state index in [9.17, 15) is 0 Å². The minimum absolute atomic E-state index is 0.0563. The molecule has 0 aliphatic heterocycles. The summed E-state index contributed by atoms with van der Waals surface area (Å²) in [4.78, 5) is 0. The monoisotopic (exact) mass is 225 g/mol. The third-order valence-electron chi connectivity index (χ3n) is 2.53. The topological polar surface area (TPSA) is 50.1 Å². The van der Waals surface area contributed by atoms with Crippen molar-refractivity contribution in [2.24, 2.45) is 7.05 Å². The molecule has 0 aliphatic carbocycles. The van der Waals surface area contributed by atoms with E-state index in [1.54, 1.807) is 0 Å². The molecular weight excluding hydrogens is 202 g/mol. The third kappa shape index (κ3) is 3.32. The predicted octanol–water partition coefficient (Wildman–Crippen LogP) is 1.19. The van der Waals surface area contributed by atoms with E-state index in [0.29, 0.717) is 0 Å². The van der Waals surface area contributed by atoms with Crippen molar-refractivity contribution in [3.05, 3.63) is 17.5 Å². The second-order valence-corrected chi connectivity index (χ2v) is 5.39. The smallest absolute Gasteiger partial charge is 0.0722 e. The van der Waals surface area contributed by atoms with Gasteiger partial charge in [-0.3, -0.25) is 4.68 Å². The molecule has 0 saturated carbocycles. The maximum absolute atomic E-state index is 8.96. The van der Waals surface area contributed by atoms with Gasteiger partial charge in [0.2, 0.25) is 0 Å². The van der Waals surface area contributed by atoms with Crippen molar-refractivity contribution in [1.29, 1.82) is 0 Å². The Morgan fingerprint density at radius 1 is 1.50 bits per heavy atom. The van der Waals surface area contributed by atoms with Gasteiger partial charge >= 0.3 is 0 Å². The molecule has 0 saturated heterocycles. The van der Waals surface area contributed by atoms with Gasteiger partial charge in [0.25, 0.3) is 0 Å². The van der Waals surface area contributed by atoms with Crippen LogP contribution in [-0.2, 0) is 19.0 Å². The van der Waals surface area contributed by atoms with E-state index in [1.807, 2.05) is 24.9 Å². The molecule has 4 nitrogen and oxygen atoms in total. The van der Waals surface area contributed by atoms with Crippen molar-refractivity contribution in [2.75, 3.05) is 6.61 Å². The van der Waals surface area contributed by atoms with E-state index >= 15 is 0 Å². The maximum atomic E-state index is 8.96. The molecule has 92 valence electrons. The van der Waals surface area contributed by atoms with Gasteiger partial charge in [-0.05, 0) is 6.92 Å². The lowest BCUT2D eigenvalue weighted by molar-refractivity contribution is 0.251. The van der Waals surface area contributed by atoms with Crippen LogP contribution < -0.4 is 5.32 Å². The normalized spacial score (nSPS) is 14.1. The molecule has 1 aromatic heterocycles. The van der Waals surface area contributed by atoms with Gasteiger partial charge in [-0.25, -0.2) is 0 Å². The van der Waals surface area contributed by atoms with Gasteiger partial charge in [0.15, 0.2) is 0 Å². The van der Waals surface area contributed by atoms with E-state index in [1.165, 1.54) is 5.56 Å². The Bertz CT molecular complexity index is 339. The first-order valence-electron chi connectivity index (χ1n) is 5.72. The Morgan fingerprint density at radius 2 is 2.12 bits per heavy atom. The molecule has 0 radical (unpaired) electrons. The lowest BCUT2D eigenvalue weighted by atomic mass is 9.89. The molecule has 0 aromatic carbocycles. The van der Waals surface area contributed by atoms with E-state index in [0.717, 1.165) is 12.2 Å². The highest BCUT2D eigenvalue weighted by molar-refractivity contribution is 5.23. The zero-order valence-electron chi connectivity index (χ0n) is 10.9. The second-order valence-electron chi connectivity index (χ2n) is 5.39. The van der Waals surface area contributed by atoms with Crippen molar-refractivity contribution in [2.45, 2.75) is 45.7 Å². The van der Waals surface area contributed by atoms with Gasteiger partial charge in [-0.2, -0.15) is 5.10 Å². The first-order valence-corrected chi connectivity index (χ1v) is 5.72. The van der Waals surface area contributed by atoms with Gasteiger partial charge in [-0.1, -0.05) is 20.8 Å². The van der Waals surface area contributed by atoms with Crippen molar-refractivity contribution >= 4 is 0 Å². The highest BCUT2D eigenvalue weighted by Crippen LogP contribution is 2.23. The molecule has 0 fully saturated rings. The third-order valence-corrected chi connectivity index (χ3v) is 2.53. The maximum Gasteiger partial charge on any atom is 0.0722 e. The number of aryl methyl sites for hydroxylation is 1. The fraction of sp³-hybridized carbons (Fsp3) is 0.750. The molecule has 0 amide bonds. The zero-order valence-corrected chi connectivity index (χ0v) is 10.9. The molecule has 1 rings (SSSR count). The lowest BCUT2D eigenvalue weighted by Gasteiger charge is -2.18. The molecule has 0 bridgehead atoms.